The third-order valence-electron chi connectivity index (χ3n) is 4.43. The number of rotatable bonds is 5. The zero-order valence-corrected chi connectivity index (χ0v) is 16.4. The van der Waals surface area contributed by atoms with Crippen molar-refractivity contribution in [3.63, 3.8) is 0 Å². The van der Waals surface area contributed by atoms with E-state index in [4.69, 9.17) is 21.7 Å². The molecule has 1 aliphatic rings. The number of thiocarbonyl (C=S) groups is 1. The lowest BCUT2D eigenvalue weighted by atomic mass is 9.87. The third kappa shape index (κ3) is 4.67. The van der Waals surface area contributed by atoms with Crippen molar-refractivity contribution in [1.29, 1.82) is 0 Å². The Morgan fingerprint density at radius 2 is 2.00 bits per heavy atom. The van der Waals surface area contributed by atoms with Crippen LogP contribution in [0.2, 0.25) is 0 Å². The first-order chi connectivity index (χ1) is 12.5. The highest BCUT2D eigenvalue weighted by molar-refractivity contribution is 7.80. The molecular formula is C21H26N2O2S. The van der Waals surface area contributed by atoms with Gasteiger partial charge in [-0.3, -0.25) is 0 Å². The summed E-state index contributed by atoms with van der Waals surface area (Å²) in [5.41, 5.74) is 3.56. The summed E-state index contributed by atoms with van der Waals surface area (Å²) in [6, 6.07) is 14.4. The van der Waals surface area contributed by atoms with Gasteiger partial charge in [0.25, 0.3) is 0 Å². The van der Waals surface area contributed by atoms with E-state index in [0.717, 1.165) is 36.4 Å². The summed E-state index contributed by atoms with van der Waals surface area (Å²) in [6.45, 7) is 4.03. The molecule has 2 N–H and O–H groups in total. The molecule has 138 valence electrons. The summed E-state index contributed by atoms with van der Waals surface area (Å²) in [7, 11) is 1.70. The Hall–Kier alpha value is -2.27. The fourth-order valence-corrected chi connectivity index (χ4v) is 3.57. The van der Waals surface area contributed by atoms with Gasteiger partial charge in [-0.25, -0.2) is 0 Å². The van der Waals surface area contributed by atoms with Crippen LogP contribution in [0.4, 0.5) is 5.69 Å². The van der Waals surface area contributed by atoms with Crippen LogP contribution in [0.5, 0.6) is 11.5 Å². The maximum atomic E-state index is 5.74. The molecule has 1 atom stereocenters. The Bertz CT molecular complexity index is 776. The van der Waals surface area contributed by atoms with E-state index in [1.807, 2.05) is 44.2 Å². The number of aryl methyl sites for hydroxylation is 1. The third-order valence-corrected chi connectivity index (χ3v) is 4.65. The highest BCUT2D eigenvalue weighted by Crippen LogP contribution is 2.32. The molecule has 0 aromatic heterocycles. The molecule has 0 fully saturated rings. The Morgan fingerprint density at radius 3 is 2.77 bits per heavy atom. The number of methoxy groups -OCH3 is 1. The molecule has 0 saturated heterocycles. The number of ether oxygens (including phenoxy) is 2. The van der Waals surface area contributed by atoms with Crippen molar-refractivity contribution in [3.05, 3.63) is 53.6 Å². The summed E-state index contributed by atoms with van der Waals surface area (Å²) in [5.74, 6) is 1.75. The van der Waals surface area contributed by atoms with Gasteiger partial charge in [-0.1, -0.05) is 12.1 Å². The van der Waals surface area contributed by atoms with Gasteiger partial charge in [0.15, 0.2) is 5.11 Å². The van der Waals surface area contributed by atoms with Crippen molar-refractivity contribution in [2.24, 2.45) is 0 Å². The highest BCUT2D eigenvalue weighted by atomic mass is 32.1. The van der Waals surface area contributed by atoms with Crippen LogP contribution >= 0.6 is 12.2 Å². The molecule has 2 aromatic carbocycles. The molecule has 5 heteroatoms. The molecule has 0 amide bonds. The molecule has 0 bridgehead atoms. The maximum Gasteiger partial charge on any atom is 0.171 e. The molecule has 1 aliphatic carbocycles. The van der Waals surface area contributed by atoms with E-state index in [2.05, 4.69) is 22.8 Å². The van der Waals surface area contributed by atoms with Crippen LogP contribution in [-0.4, -0.2) is 18.3 Å². The molecule has 0 spiro atoms. The largest absolute Gasteiger partial charge is 0.497 e. The van der Waals surface area contributed by atoms with Crippen molar-refractivity contribution >= 4 is 23.0 Å². The van der Waals surface area contributed by atoms with Crippen molar-refractivity contribution < 1.29 is 9.47 Å². The monoisotopic (exact) mass is 370 g/mol. The van der Waals surface area contributed by atoms with Gasteiger partial charge in [0.2, 0.25) is 0 Å². The second kappa shape index (κ2) is 8.41. The Morgan fingerprint density at radius 1 is 1.15 bits per heavy atom. The summed E-state index contributed by atoms with van der Waals surface area (Å²) in [4.78, 5) is 0. The van der Waals surface area contributed by atoms with Crippen LogP contribution in [-0.2, 0) is 6.42 Å². The SMILES string of the molecule is COc1ccc2c(c1)CCC[C@@H]2NC(=S)Nc1cccc(OC(C)C)c1. The second-order valence-electron chi connectivity index (χ2n) is 6.80. The van der Waals surface area contributed by atoms with Gasteiger partial charge in [0, 0.05) is 11.8 Å². The minimum Gasteiger partial charge on any atom is -0.497 e. The molecule has 3 rings (SSSR count). The number of anilines is 1. The van der Waals surface area contributed by atoms with Gasteiger partial charge < -0.3 is 20.1 Å². The fraction of sp³-hybridized carbons (Fsp3) is 0.381. The van der Waals surface area contributed by atoms with Crippen molar-refractivity contribution in [1.82, 2.24) is 5.32 Å². The lowest BCUT2D eigenvalue weighted by molar-refractivity contribution is 0.242. The first-order valence-corrected chi connectivity index (χ1v) is 9.47. The quantitative estimate of drug-likeness (QED) is 0.737. The molecule has 2 aromatic rings. The first-order valence-electron chi connectivity index (χ1n) is 9.06. The van der Waals surface area contributed by atoms with E-state index >= 15 is 0 Å². The highest BCUT2D eigenvalue weighted by Gasteiger charge is 2.21. The molecule has 0 aliphatic heterocycles. The zero-order valence-electron chi connectivity index (χ0n) is 15.5. The van der Waals surface area contributed by atoms with Gasteiger partial charge in [0.05, 0.1) is 19.3 Å². The summed E-state index contributed by atoms with van der Waals surface area (Å²) in [6.07, 6.45) is 3.43. The second-order valence-corrected chi connectivity index (χ2v) is 7.21. The van der Waals surface area contributed by atoms with Crippen molar-refractivity contribution in [2.75, 3.05) is 12.4 Å². The smallest absolute Gasteiger partial charge is 0.171 e. The van der Waals surface area contributed by atoms with E-state index in [9.17, 15) is 0 Å². The lowest BCUT2D eigenvalue weighted by Crippen LogP contribution is -2.34. The Labute approximate surface area is 160 Å². The van der Waals surface area contributed by atoms with E-state index in [1.54, 1.807) is 7.11 Å². The van der Waals surface area contributed by atoms with Crippen LogP contribution in [0.1, 0.15) is 43.9 Å². The number of benzene rings is 2. The van der Waals surface area contributed by atoms with E-state index in [1.165, 1.54) is 11.1 Å². The summed E-state index contributed by atoms with van der Waals surface area (Å²) < 4.78 is 11.1. The lowest BCUT2D eigenvalue weighted by Gasteiger charge is -2.28. The van der Waals surface area contributed by atoms with Crippen LogP contribution < -0.4 is 20.1 Å². The Kier molecular flexibility index (Phi) is 5.99. The summed E-state index contributed by atoms with van der Waals surface area (Å²) in [5, 5.41) is 7.36. The zero-order chi connectivity index (χ0) is 18.5. The summed E-state index contributed by atoms with van der Waals surface area (Å²) >= 11 is 5.54. The number of hydrogen-bond donors (Lipinski definition) is 2. The topological polar surface area (TPSA) is 42.5 Å². The van der Waals surface area contributed by atoms with Crippen LogP contribution in [0.15, 0.2) is 42.5 Å². The van der Waals surface area contributed by atoms with E-state index < -0.39 is 0 Å². The van der Waals surface area contributed by atoms with Gasteiger partial charge in [-0.2, -0.15) is 0 Å². The number of hydrogen-bond acceptors (Lipinski definition) is 3. The van der Waals surface area contributed by atoms with E-state index in [0.29, 0.717) is 5.11 Å². The van der Waals surface area contributed by atoms with Crippen LogP contribution in [0.25, 0.3) is 0 Å². The molecule has 26 heavy (non-hydrogen) atoms. The van der Waals surface area contributed by atoms with Gasteiger partial charge >= 0.3 is 0 Å². The molecular weight excluding hydrogens is 344 g/mol. The van der Waals surface area contributed by atoms with Crippen LogP contribution in [0, 0.1) is 0 Å². The first kappa shape index (κ1) is 18.5. The minimum atomic E-state index is 0.144. The van der Waals surface area contributed by atoms with Gasteiger partial charge in [-0.15, -0.1) is 0 Å². The minimum absolute atomic E-state index is 0.144. The molecule has 0 heterocycles. The normalized spacial score (nSPS) is 15.9. The number of fused-ring (bicyclic) bond motifs is 1. The molecule has 0 radical (unpaired) electrons. The van der Waals surface area contributed by atoms with Crippen molar-refractivity contribution in [2.45, 2.75) is 45.3 Å². The van der Waals surface area contributed by atoms with Gasteiger partial charge in [0.1, 0.15) is 11.5 Å². The predicted molar refractivity (Wildman–Crippen MR) is 110 cm³/mol. The predicted octanol–water partition coefficient (Wildman–Crippen LogP) is 4.85. The maximum absolute atomic E-state index is 5.74. The van der Waals surface area contributed by atoms with Crippen molar-refractivity contribution in [3.8, 4) is 11.5 Å². The standard InChI is InChI=1S/C21H26N2O2S/c1-14(2)25-18-8-5-7-16(13-18)22-21(26)23-20-9-4-6-15-12-17(24-3)10-11-19(15)20/h5,7-8,10-14,20H,4,6,9H2,1-3H3,(H2,22,23,26)/t20-/m0/s1. The van der Waals surface area contributed by atoms with Crippen LogP contribution in [0.3, 0.4) is 0 Å². The number of nitrogens with one attached hydrogen (secondary N) is 2. The fourth-order valence-electron chi connectivity index (χ4n) is 3.31. The molecule has 4 nitrogen and oxygen atoms in total. The average Bonchev–Trinajstić information content (AvgIpc) is 2.61. The molecule has 0 saturated carbocycles. The molecule has 0 unspecified atom stereocenters. The average molecular weight is 371 g/mol. The van der Waals surface area contributed by atoms with Gasteiger partial charge in [-0.05, 0) is 80.7 Å². The van der Waals surface area contributed by atoms with E-state index in [-0.39, 0.29) is 12.1 Å². The Balaban J connectivity index is 1.66.